The van der Waals surface area contributed by atoms with E-state index in [0.29, 0.717) is 5.92 Å². The van der Waals surface area contributed by atoms with Gasteiger partial charge < -0.3 is 15.7 Å². The van der Waals surface area contributed by atoms with Crippen molar-refractivity contribution in [3.63, 3.8) is 0 Å². The van der Waals surface area contributed by atoms with Crippen LogP contribution in [-0.4, -0.2) is 29.7 Å². The maximum atomic E-state index is 11.4. The summed E-state index contributed by atoms with van der Waals surface area (Å²) in [5.74, 6) is -0.848. The molecule has 17 heavy (non-hydrogen) atoms. The Labute approximate surface area is 103 Å². The predicted octanol–water partition coefficient (Wildman–Crippen LogP) is 1.83. The monoisotopic (exact) mass is 244 g/mol. The summed E-state index contributed by atoms with van der Waals surface area (Å²) in [5.41, 5.74) is 0. The molecular formula is C12H24N2O3. The van der Waals surface area contributed by atoms with Gasteiger partial charge in [0.05, 0.1) is 5.92 Å². The van der Waals surface area contributed by atoms with Crippen LogP contribution in [0.25, 0.3) is 0 Å². The van der Waals surface area contributed by atoms with E-state index in [0.717, 1.165) is 12.8 Å². The first kappa shape index (κ1) is 15.7. The van der Waals surface area contributed by atoms with Gasteiger partial charge in [-0.15, -0.1) is 0 Å². The molecule has 0 rings (SSSR count). The molecule has 5 nitrogen and oxygen atoms in total. The fourth-order valence-corrected chi connectivity index (χ4v) is 1.26. The van der Waals surface area contributed by atoms with Crippen LogP contribution in [0.15, 0.2) is 0 Å². The number of hydrogen-bond acceptors (Lipinski definition) is 2. The van der Waals surface area contributed by atoms with Crippen molar-refractivity contribution in [2.45, 2.75) is 46.6 Å². The van der Waals surface area contributed by atoms with Crippen molar-refractivity contribution < 1.29 is 14.7 Å². The van der Waals surface area contributed by atoms with E-state index in [9.17, 15) is 9.59 Å². The molecule has 0 saturated heterocycles. The number of nitrogens with one attached hydrogen (secondary N) is 2. The number of amides is 2. The van der Waals surface area contributed by atoms with E-state index in [2.05, 4.69) is 24.5 Å². The van der Waals surface area contributed by atoms with Crippen LogP contribution in [0.5, 0.6) is 0 Å². The molecule has 0 aliphatic carbocycles. The lowest BCUT2D eigenvalue weighted by Crippen LogP contribution is -2.43. The van der Waals surface area contributed by atoms with Crippen molar-refractivity contribution in [1.29, 1.82) is 0 Å². The van der Waals surface area contributed by atoms with E-state index in [1.807, 2.05) is 6.92 Å². The van der Waals surface area contributed by atoms with Crippen LogP contribution in [0.3, 0.4) is 0 Å². The lowest BCUT2D eigenvalue weighted by molar-refractivity contribution is -0.140. The largest absolute Gasteiger partial charge is 0.481 e. The highest BCUT2D eigenvalue weighted by molar-refractivity contribution is 5.75. The van der Waals surface area contributed by atoms with Crippen molar-refractivity contribution in [3.8, 4) is 0 Å². The minimum atomic E-state index is -0.904. The van der Waals surface area contributed by atoms with E-state index in [1.54, 1.807) is 6.92 Å². The minimum absolute atomic E-state index is 0.109. The number of carboxylic acids is 1. The molecule has 0 radical (unpaired) electrons. The van der Waals surface area contributed by atoms with Gasteiger partial charge in [-0.2, -0.15) is 0 Å². The van der Waals surface area contributed by atoms with Crippen molar-refractivity contribution in [1.82, 2.24) is 10.6 Å². The van der Waals surface area contributed by atoms with Gasteiger partial charge in [0.1, 0.15) is 0 Å². The maximum Gasteiger partial charge on any atom is 0.315 e. The Balaban J connectivity index is 3.74. The Hall–Kier alpha value is -1.26. The third-order valence-electron chi connectivity index (χ3n) is 2.54. The third kappa shape index (κ3) is 8.54. The van der Waals surface area contributed by atoms with Gasteiger partial charge in [-0.25, -0.2) is 4.79 Å². The summed E-state index contributed by atoms with van der Waals surface area (Å²) in [7, 11) is 0. The van der Waals surface area contributed by atoms with Gasteiger partial charge in [-0.1, -0.05) is 20.8 Å². The lowest BCUT2D eigenvalue weighted by atomic mass is 10.0. The zero-order valence-electron chi connectivity index (χ0n) is 11.1. The average molecular weight is 244 g/mol. The Bertz CT molecular complexity index is 254. The summed E-state index contributed by atoms with van der Waals surface area (Å²) < 4.78 is 0. The lowest BCUT2D eigenvalue weighted by Gasteiger charge is -2.16. The highest BCUT2D eigenvalue weighted by Crippen LogP contribution is 2.06. The second-order valence-electron chi connectivity index (χ2n) is 4.97. The molecule has 0 aliphatic heterocycles. The van der Waals surface area contributed by atoms with Crippen molar-refractivity contribution in [2.24, 2.45) is 11.8 Å². The molecule has 0 bridgehead atoms. The molecule has 0 spiro atoms. The van der Waals surface area contributed by atoms with Crippen LogP contribution in [0.1, 0.15) is 40.5 Å². The van der Waals surface area contributed by atoms with Crippen LogP contribution in [0.2, 0.25) is 0 Å². The third-order valence-corrected chi connectivity index (χ3v) is 2.54. The summed E-state index contributed by atoms with van der Waals surface area (Å²) in [6.45, 7) is 7.94. The average Bonchev–Trinajstić information content (AvgIpc) is 2.22. The van der Waals surface area contributed by atoms with Crippen molar-refractivity contribution in [3.05, 3.63) is 0 Å². The number of hydrogen-bond donors (Lipinski definition) is 3. The van der Waals surface area contributed by atoms with Gasteiger partial charge in [0.15, 0.2) is 0 Å². The van der Waals surface area contributed by atoms with E-state index >= 15 is 0 Å². The Kier molecular flexibility index (Phi) is 7.34. The predicted molar refractivity (Wildman–Crippen MR) is 66.9 cm³/mol. The van der Waals surface area contributed by atoms with Crippen LogP contribution >= 0.6 is 0 Å². The normalized spacial score (nSPS) is 14.2. The molecule has 2 amide bonds. The van der Waals surface area contributed by atoms with E-state index < -0.39 is 11.9 Å². The topological polar surface area (TPSA) is 78.4 Å². The number of carboxylic acid groups (broad SMARTS) is 1. The Morgan fingerprint density at radius 2 is 1.71 bits per heavy atom. The minimum Gasteiger partial charge on any atom is -0.481 e. The van der Waals surface area contributed by atoms with Gasteiger partial charge in [0, 0.05) is 12.6 Å². The summed E-state index contributed by atoms with van der Waals surface area (Å²) in [4.78, 5) is 21.9. The first-order valence-corrected chi connectivity index (χ1v) is 6.10. The van der Waals surface area contributed by atoms with Crippen molar-refractivity contribution in [2.75, 3.05) is 6.54 Å². The van der Waals surface area contributed by atoms with Crippen LogP contribution in [0.4, 0.5) is 4.79 Å². The molecule has 3 N–H and O–H groups in total. The number of rotatable bonds is 7. The standard InChI is InChI=1S/C12H24N2O3/c1-8(2)5-6-10(4)14-12(17)13-7-9(3)11(15)16/h8-10H,5-7H2,1-4H3,(H,15,16)(H2,13,14,17). The quantitative estimate of drug-likeness (QED) is 0.639. The van der Waals surface area contributed by atoms with E-state index in [1.165, 1.54) is 0 Å². The molecule has 0 aromatic heterocycles. The molecule has 5 heteroatoms. The fraction of sp³-hybridized carbons (Fsp3) is 0.833. The first-order chi connectivity index (χ1) is 7.82. The van der Waals surface area contributed by atoms with Gasteiger partial charge >= 0.3 is 12.0 Å². The molecular weight excluding hydrogens is 220 g/mol. The summed E-state index contributed by atoms with van der Waals surface area (Å²) in [6.07, 6.45) is 1.99. The second kappa shape index (κ2) is 7.92. The Morgan fingerprint density at radius 1 is 1.12 bits per heavy atom. The zero-order chi connectivity index (χ0) is 13.4. The molecule has 0 aliphatic rings. The van der Waals surface area contributed by atoms with Gasteiger partial charge in [-0.05, 0) is 25.7 Å². The molecule has 0 aromatic carbocycles. The fourth-order valence-electron chi connectivity index (χ4n) is 1.26. The summed E-state index contributed by atoms with van der Waals surface area (Å²) >= 11 is 0. The summed E-state index contributed by atoms with van der Waals surface area (Å²) in [6, 6.07) is -0.188. The molecule has 0 saturated carbocycles. The maximum absolute atomic E-state index is 11.4. The zero-order valence-corrected chi connectivity index (χ0v) is 11.1. The van der Waals surface area contributed by atoms with Gasteiger partial charge in [-0.3, -0.25) is 4.79 Å². The van der Waals surface area contributed by atoms with Gasteiger partial charge in [0.25, 0.3) is 0 Å². The Morgan fingerprint density at radius 3 is 2.18 bits per heavy atom. The number of carbonyl (C=O) groups excluding carboxylic acids is 1. The second-order valence-corrected chi connectivity index (χ2v) is 4.97. The van der Waals surface area contributed by atoms with E-state index in [4.69, 9.17) is 5.11 Å². The number of aliphatic carboxylic acids is 1. The number of carbonyl (C=O) groups is 2. The van der Waals surface area contributed by atoms with Crippen LogP contribution in [0, 0.1) is 11.8 Å². The van der Waals surface area contributed by atoms with Crippen LogP contribution in [-0.2, 0) is 4.79 Å². The smallest absolute Gasteiger partial charge is 0.315 e. The SMILES string of the molecule is CC(C)CCC(C)NC(=O)NCC(C)C(=O)O. The molecule has 2 unspecified atom stereocenters. The molecule has 0 fully saturated rings. The van der Waals surface area contributed by atoms with Gasteiger partial charge in [0.2, 0.25) is 0 Å². The number of urea groups is 1. The van der Waals surface area contributed by atoms with Crippen molar-refractivity contribution >= 4 is 12.0 Å². The highest BCUT2D eigenvalue weighted by atomic mass is 16.4. The molecule has 0 heterocycles. The molecule has 2 atom stereocenters. The van der Waals surface area contributed by atoms with E-state index in [-0.39, 0.29) is 18.6 Å². The molecule has 100 valence electrons. The molecule has 0 aromatic rings. The van der Waals surface area contributed by atoms with Crippen LogP contribution < -0.4 is 10.6 Å². The highest BCUT2D eigenvalue weighted by Gasteiger charge is 2.13. The summed E-state index contributed by atoms with van der Waals surface area (Å²) in [5, 5.41) is 14.0. The first-order valence-electron chi connectivity index (χ1n) is 6.10.